The fraction of sp³-hybridized carbons (Fsp3) is 1.00. The molecule has 21 heavy (non-hydrogen) atoms. The predicted octanol–water partition coefficient (Wildman–Crippen LogP) is 2.08. The van der Waals surface area contributed by atoms with Crippen LogP contribution in [-0.2, 0) is 4.74 Å². The van der Waals surface area contributed by atoms with E-state index in [2.05, 4.69) is 12.2 Å². The molecule has 0 aromatic heterocycles. The fourth-order valence-corrected chi connectivity index (χ4v) is 3.60. The largest absolute Gasteiger partial charge is 0.393 e. The number of nitrogens with one attached hydrogen (secondary N) is 1. The lowest BCUT2D eigenvalue weighted by atomic mass is 9.87. The van der Waals surface area contributed by atoms with Crippen LogP contribution in [0.5, 0.6) is 0 Å². The first-order valence-electron chi connectivity index (χ1n) is 8.82. The smallest absolute Gasteiger partial charge is 0.0897 e. The molecule has 0 aromatic rings. The van der Waals surface area contributed by atoms with Gasteiger partial charge in [-0.2, -0.15) is 0 Å². The zero-order chi connectivity index (χ0) is 15.1. The summed E-state index contributed by atoms with van der Waals surface area (Å²) in [5.41, 5.74) is 0. The van der Waals surface area contributed by atoms with E-state index < -0.39 is 6.10 Å². The Kier molecular flexibility index (Phi) is 7.44. The molecule has 124 valence electrons. The van der Waals surface area contributed by atoms with Crippen molar-refractivity contribution in [2.75, 3.05) is 19.7 Å². The summed E-state index contributed by atoms with van der Waals surface area (Å²) >= 11 is 0. The molecule has 2 aliphatic rings. The molecule has 0 radical (unpaired) electrons. The molecule has 0 aromatic carbocycles. The van der Waals surface area contributed by atoms with Gasteiger partial charge in [0.25, 0.3) is 0 Å². The van der Waals surface area contributed by atoms with Gasteiger partial charge in [-0.15, -0.1) is 0 Å². The van der Waals surface area contributed by atoms with Crippen LogP contribution in [0.15, 0.2) is 0 Å². The first kappa shape index (κ1) is 17.2. The number of rotatable bonds is 7. The molecule has 2 aliphatic carbocycles. The lowest BCUT2D eigenvalue weighted by Crippen LogP contribution is -2.36. The quantitative estimate of drug-likeness (QED) is 0.673. The Labute approximate surface area is 129 Å². The maximum absolute atomic E-state index is 9.98. The summed E-state index contributed by atoms with van der Waals surface area (Å²) < 4.78 is 5.82. The van der Waals surface area contributed by atoms with E-state index in [1.54, 1.807) is 0 Å². The SMILES string of the molecule is CC1CCC(OCC(O)CNCC2CCCC(O)C2)CC1. The molecule has 0 saturated heterocycles. The van der Waals surface area contributed by atoms with Crippen molar-refractivity contribution in [3.05, 3.63) is 0 Å². The summed E-state index contributed by atoms with van der Waals surface area (Å²) in [6.45, 7) is 4.24. The maximum atomic E-state index is 9.98. The lowest BCUT2D eigenvalue weighted by molar-refractivity contribution is -0.0281. The van der Waals surface area contributed by atoms with Crippen LogP contribution in [0.3, 0.4) is 0 Å². The van der Waals surface area contributed by atoms with E-state index in [9.17, 15) is 10.2 Å². The average molecular weight is 299 g/mol. The third kappa shape index (κ3) is 6.64. The molecule has 2 saturated carbocycles. The van der Waals surface area contributed by atoms with Gasteiger partial charge in [0.2, 0.25) is 0 Å². The highest BCUT2D eigenvalue weighted by Gasteiger charge is 2.21. The van der Waals surface area contributed by atoms with Gasteiger partial charge in [0.15, 0.2) is 0 Å². The molecule has 0 heterocycles. The highest BCUT2D eigenvalue weighted by molar-refractivity contribution is 4.75. The molecule has 2 fully saturated rings. The second-order valence-electron chi connectivity index (χ2n) is 7.21. The van der Waals surface area contributed by atoms with Crippen LogP contribution >= 0.6 is 0 Å². The standard InChI is InChI=1S/C17H33NO3/c1-13-5-7-17(8-6-13)21-12-16(20)11-18-10-14-3-2-4-15(19)9-14/h13-20H,2-12H2,1H3. The first-order valence-corrected chi connectivity index (χ1v) is 8.82. The van der Waals surface area contributed by atoms with Crippen LogP contribution in [0.2, 0.25) is 0 Å². The highest BCUT2D eigenvalue weighted by atomic mass is 16.5. The minimum absolute atomic E-state index is 0.118. The Bertz CT molecular complexity index is 279. The Hall–Kier alpha value is -0.160. The molecular weight excluding hydrogens is 266 g/mol. The molecule has 3 atom stereocenters. The monoisotopic (exact) mass is 299 g/mol. The summed E-state index contributed by atoms with van der Waals surface area (Å²) in [7, 11) is 0. The van der Waals surface area contributed by atoms with E-state index in [-0.39, 0.29) is 6.10 Å². The predicted molar refractivity (Wildman–Crippen MR) is 84.2 cm³/mol. The van der Waals surface area contributed by atoms with Gasteiger partial charge < -0.3 is 20.3 Å². The van der Waals surface area contributed by atoms with Crippen molar-refractivity contribution in [3.63, 3.8) is 0 Å². The molecule has 3 unspecified atom stereocenters. The Morgan fingerprint density at radius 1 is 1.14 bits per heavy atom. The summed E-state index contributed by atoms with van der Waals surface area (Å²) in [6, 6.07) is 0. The van der Waals surface area contributed by atoms with Gasteiger partial charge in [-0.25, -0.2) is 0 Å². The number of aliphatic hydroxyl groups excluding tert-OH is 2. The van der Waals surface area contributed by atoms with Gasteiger partial charge >= 0.3 is 0 Å². The van der Waals surface area contributed by atoms with Crippen LogP contribution < -0.4 is 5.32 Å². The Morgan fingerprint density at radius 3 is 2.62 bits per heavy atom. The number of ether oxygens (including phenoxy) is 1. The van der Waals surface area contributed by atoms with Crippen LogP contribution in [0.4, 0.5) is 0 Å². The second kappa shape index (κ2) is 9.09. The third-order valence-corrected chi connectivity index (χ3v) is 5.06. The van der Waals surface area contributed by atoms with Crippen molar-refractivity contribution in [1.82, 2.24) is 5.32 Å². The minimum Gasteiger partial charge on any atom is -0.393 e. The summed E-state index contributed by atoms with van der Waals surface area (Å²) in [6.07, 6.45) is 8.77. The van der Waals surface area contributed by atoms with Crippen molar-refractivity contribution >= 4 is 0 Å². The van der Waals surface area contributed by atoms with Gasteiger partial charge in [-0.3, -0.25) is 0 Å². The molecule has 0 spiro atoms. The third-order valence-electron chi connectivity index (χ3n) is 5.06. The number of aliphatic hydroxyl groups is 2. The summed E-state index contributed by atoms with van der Waals surface area (Å²) in [4.78, 5) is 0. The van der Waals surface area contributed by atoms with Crippen LogP contribution in [0.25, 0.3) is 0 Å². The summed E-state index contributed by atoms with van der Waals surface area (Å²) in [5.74, 6) is 1.39. The zero-order valence-electron chi connectivity index (χ0n) is 13.5. The molecule has 0 amide bonds. The van der Waals surface area contributed by atoms with E-state index in [1.165, 1.54) is 19.3 Å². The van der Waals surface area contributed by atoms with Gasteiger partial charge in [0.1, 0.15) is 0 Å². The Balaban J connectivity index is 1.50. The van der Waals surface area contributed by atoms with Gasteiger partial charge in [-0.1, -0.05) is 13.3 Å². The number of hydrogen-bond acceptors (Lipinski definition) is 4. The van der Waals surface area contributed by atoms with Gasteiger partial charge in [0.05, 0.1) is 24.9 Å². The summed E-state index contributed by atoms with van der Waals surface area (Å²) in [5, 5.41) is 22.9. The molecule has 4 heteroatoms. The normalized spacial score (nSPS) is 35.6. The fourth-order valence-electron chi connectivity index (χ4n) is 3.60. The molecular formula is C17H33NO3. The van der Waals surface area contributed by atoms with Crippen LogP contribution in [0, 0.1) is 11.8 Å². The van der Waals surface area contributed by atoms with E-state index in [4.69, 9.17) is 4.74 Å². The van der Waals surface area contributed by atoms with E-state index >= 15 is 0 Å². The van der Waals surface area contributed by atoms with Crippen LogP contribution in [0.1, 0.15) is 58.3 Å². The van der Waals surface area contributed by atoms with Crippen LogP contribution in [-0.4, -0.2) is 48.2 Å². The van der Waals surface area contributed by atoms with Crippen molar-refractivity contribution in [1.29, 1.82) is 0 Å². The van der Waals surface area contributed by atoms with Crippen molar-refractivity contribution < 1.29 is 14.9 Å². The van der Waals surface area contributed by atoms with E-state index in [0.29, 0.717) is 25.2 Å². The van der Waals surface area contributed by atoms with E-state index in [0.717, 1.165) is 44.6 Å². The molecule has 4 nitrogen and oxygen atoms in total. The second-order valence-corrected chi connectivity index (χ2v) is 7.21. The van der Waals surface area contributed by atoms with Crippen molar-refractivity contribution in [2.24, 2.45) is 11.8 Å². The maximum Gasteiger partial charge on any atom is 0.0897 e. The highest BCUT2D eigenvalue weighted by Crippen LogP contribution is 2.25. The minimum atomic E-state index is -0.419. The van der Waals surface area contributed by atoms with Crippen molar-refractivity contribution in [2.45, 2.75) is 76.6 Å². The van der Waals surface area contributed by atoms with Crippen molar-refractivity contribution in [3.8, 4) is 0 Å². The van der Waals surface area contributed by atoms with Gasteiger partial charge in [0, 0.05) is 6.54 Å². The zero-order valence-corrected chi connectivity index (χ0v) is 13.5. The Morgan fingerprint density at radius 2 is 1.90 bits per heavy atom. The molecule has 0 aliphatic heterocycles. The van der Waals surface area contributed by atoms with Gasteiger partial charge in [-0.05, 0) is 63.3 Å². The molecule has 0 bridgehead atoms. The average Bonchev–Trinajstić information content (AvgIpc) is 2.47. The first-order chi connectivity index (χ1) is 10.1. The molecule has 2 rings (SSSR count). The molecule has 3 N–H and O–H groups in total. The lowest BCUT2D eigenvalue weighted by Gasteiger charge is -2.28. The topological polar surface area (TPSA) is 61.7 Å². The number of hydrogen-bond donors (Lipinski definition) is 3. The van der Waals surface area contributed by atoms with E-state index in [1.807, 2.05) is 0 Å².